The lowest BCUT2D eigenvalue weighted by atomic mass is 9.89. The standard InChI is InChI=1S/C16H22O2/c1-11(17)15-4-2-3-5-16(15)18-10-14-9-12-6-7-13(14)8-12/h2-5,11-14,17H,6-10H2,1H3/t11-,12?,13?,14?/m1/s1. The number of benzene rings is 1. The number of hydrogen-bond acceptors (Lipinski definition) is 2. The SMILES string of the molecule is C[C@@H](O)c1ccccc1OCC1CC2CCC1C2. The van der Waals surface area contributed by atoms with Crippen molar-refractivity contribution >= 4 is 0 Å². The number of rotatable bonds is 4. The Morgan fingerprint density at radius 1 is 1.28 bits per heavy atom. The minimum absolute atomic E-state index is 0.457. The molecular formula is C16H22O2. The van der Waals surface area contributed by atoms with E-state index in [2.05, 4.69) is 0 Å². The van der Waals surface area contributed by atoms with E-state index < -0.39 is 6.10 Å². The van der Waals surface area contributed by atoms with Gasteiger partial charge in [0.25, 0.3) is 0 Å². The number of aliphatic hydroxyl groups excluding tert-OH is 1. The largest absolute Gasteiger partial charge is 0.493 e. The summed E-state index contributed by atoms with van der Waals surface area (Å²) in [6.07, 6.45) is 5.15. The van der Waals surface area contributed by atoms with Gasteiger partial charge in [0, 0.05) is 5.56 Å². The van der Waals surface area contributed by atoms with E-state index >= 15 is 0 Å². The van der Waals surface area contributed by atoms with Crippen molar-refractivity contribution in [2.24, 2.45) is 17.8 Å². The zero-order chi connectivity index (χ0) is 12.5. The molecular weight excluding hydrogens is 224 g/mol. The topological polar surface area (TPSA) is 29.5 Å². The third-order valence-corrected chi connectivity index (χ3v) is 4.71. The Labute approximate surface area is 109 Å². The first-order valence-electron chi connectivity index (χ1n) is 7.14. The van der Waals surface area contributed by atoms with Crippen LogP contribution in [0.5, 0.6) is 5.75 Å². The summed E-state index contributed by atoms with van der Waals surface area (Å²) < 4.78 is 5.98. The molecule has 0 radical (unpaired) electrons. The summed E-state index contributed by atoms with van der Waals surface area (Å²) in [6.45, 7) is 2.62. The lowest BCUT2D eigenvalue weighted by Gasteiger charge is -2.22. The van der Waals surface area contributed by atoms with Crippen LogP contribution < -0.4 is 4.74 Å². The third-order valence-electron chi connectivity index (χ3n) is 4.71. The maximum absolute atomic E-state index is 9.72. The number of ether oxygens (including phenoxy) is 1. The molecule has 2 nitrogen and oxygen atoms in total. The fraction of sp³-hybridized carbons (Fsp3) is 0.625. The van der Waals surface area contributed by atoms with Crippen molar-refractivity contribution in [2.45, 2.75) is 38.7 Å². The van der Waals surface area contributed by atoms with E-state index in [4.69, 9.17) is 4.74 Å². The first kappa shape index (κ1) is 12.0. The van der Waals surface area contributed by atoms with Gasteiger partial charge in [-0.15, -0.1) is 0 Å². The number of aliphatic hydroxyl groups is 1. The predicted molar refractivity (Wildman–Crippen MR) is 71.5 cm³/mol. The van der Waals surface area contributed by atoms with E-state index in [0.717, 1.165) is 35.7 Å². The molecule has 0 aromatic heterocycles. The molecule has 2 heteroatoms. The Balaban J connectivity index is 1.63. The van der Waals surface area contributed by atoms with Gasteiger partial charge in [-0.1, -0.05) is 24.6 Å². The molecule has 1 aromatic rings. The summed E-state index contributed by atoms with van der Waals surface area (Å²) in [5.74, 6) is 3.46. The van der Waals surface area contributed by atoms with Crippen LogP contribution in [0.3, 0.4) is 0 Å². The first-order valence-corrected chi connectivity index (χ1v) is 7.14. The molecule has 3 unspecified atom stereocenters. The molecule has 98 valence electrons. The zero-order valence-electron chi connectivity index (χ0n) is 11.0. The quantitative estimate of drug-likeness (QED) is 0.880. The summed E-state index contributed by atoms with van der Waals surface area (Å²) in [5.41, 5.74) is 0.903. The second-order valence-electron chi connectivity index (χ2n) is 5.96. The van der Waals surface area contributed by atoms with Gasteiger partial charge in [0.1, 0.15) is 5.75 Å². The van der Waals surface area contributed by atoms with Crippen LogP contribution in [0.1, 0.15) is 44.3 Å². The van der Waals surface area contributed by atoms with E-state index in [0.29, 0.717) is 0 Å². The Morgan fingerprint density at radius 3 is 2.78 bits per heavy atom. The number of fused-ring (bicyclic) bond motifs is 2. The van der Waals surface area contributed by atoms with Gasteiger partial charge < -0.3 is 9.84 Å². The summed E-state index contributed by atoms with van der Waals surface area (Å²) in [5, 5.41) is 9.72. The highest BCUT2D eigenvalue weighted by molar-refractivity contribution is 5.34. The average Bonchev–Trinajstić information content (AvgIpc) is 2.98. The van der Waals surface area contributed by atoms with Crippen LogP contribution in [0.25, 0.3) is 0 Å². The highest BCUT2D eigenvalue weighted by Crippen LogP contribution is 2.48. The summed E-state index contributed by atoms with van der Waals surface area (Å²) in [4.78, 5) is 0. The van der Waals surface area contributed by atoms with Crippen LogP contribution in [0.2, 0.25) is 0 Å². The molecule has 2 aliphatic carbocycles. The van der Waals surface area contributed by atoms with Crippen LogP contribution in [0.15, 0.2) is 24.3 Å². The Hall–Kier alpha value is -1.02. The molecule has 0 aliphatic heterocycles. The highest BCUT2D eigenvalue weighted by atomic mass is 16.5. The lowest BCUT2D eigenvalue weighted by Crippen LogP contribution is -2.19. The van der Waals surface area contributed by atoms with Crippen molar-refractivity contribution in [3.8, 4) is 5.75 Å². The van der Waals surface area contributed by atoms with Gasteiger partial charge in [-0.2, -0.15) is 0 Å². The van der Waals surface area contributed by atoms with Crippen molar-refractivity contribution in [3.05, 3.63) is 29.8 Å². The van der Waals surface area contributed by atoms with Crippen LogP contribution in [-0.4, -0.2) is 11.7 Å². The van der Waals surface area contributed by atoms with Crippen molar-refractivity contribution in [2.75, 3.05) is 6.61 Å². The smallest absolute Gasteiger partial charge is 0.125 e. The van der Waals surface area contributed by atoms with Crippen molar-refractivity contribution in [1.82, 2.24) is 0 Å². The Kier molecular flexibility index (Phi) is 3.29. The molecule has 2 bridgehead atoms. The van der Waals surface area contributed by atoms with Crippen LogP contribution in [0.4, 0.5) is 0 Å². The Morgan fingerprint density at radius 2 is 2.11 bits per heavy atom. The van der Waals surface area contributed by atoms with Crippen LogP contribution in [0, 0.1) is 17.8 Å². The normalized spacial score (nSPS) is 31.6. The summed E-state index contributed by atoms with van der Waals surface area (Å²) in [7, 11) is 0. The minimum Gasteiger partial charge on any atom is -0.493 e. The minimum atomic E-state index is -0.457. The molecule has 0 heterocycles. The molecule has 0 amide bonds. The van der Waals surface area contributed by atoms with Crippen molar-refractivity contribution in [1.29, 1.82) is 0 Å². The van der Waals surface area contributed by atoms with Gasteiger partial charge in [0.2, 0.25) is 0 Å². The molecule has 1 N–H and O–H groups in total. The van der Waals surface area contributed by atoms with Gasteiger partial charge >= 0.3 is 0 Å². The molecule has 18 heavy (non-hydrogen) atoms. The first-order chi connectivity index (χ1) is 8.74. The third kappa shape index (κ3) is 2.26. The number of hydrogen-bond donors (Lipinski definition) is 1. The van der Waals surface area contributed by atoms with Gasteiger partial charge in [-0.05, 0) is 50.0 Å². The average molecular weight is 246 g/mol. The van der Waals surface area contributed by atoms with E-state index in [1.165, 1.54) is 25.7 Å². The monoisotopic (exact) mass is 246 g/mol. The molecule has 2 saturated carbocycles. The van der Waals surface area contributed by atoms with Gasteiger partial charge in [-0.3, -0.25) is 0 Å². The van der Waals surface area contributed by atoms with E-state index in [1.807, 2.05) is 24.3 Å². The molecule has 1 aromatic carbocycles. The van der Waals surface area contributed by atoms with E-state index in [-0.39, 0.29) is 0 Å². The molecule has 2 aliphatic rings. The number of para-hydroxylation sites is 1. The van der Waals surface area contributed by atoms with E-state index in [9.17, 15) is 5.11 Å². The molecule has 4 atom stereocenters. The second kappa shape index (κ2) is 4.93. The molecule has 0 saturated heterocycles. The Bertz CT molecular complexity index is 413. The van der Waals surface area contributed by atoms with Gasteiger partial charge in [-0.25, -0.2) is 0 Å². The highest BCUT2D eigenvalue weighted by Gasteiger charge is 2.39. The molecule has 0 spiro atoms. The van der Waals surface area contributed by atoms with Gasteiger partial charge in [0.15, 0.2) is 0 Å². The van der Waals surface area contributed by atoms with Gasteiger partial charge in [0.05, 0.1) is 12.7 Å². The van der Waals surface area contributed by atoms with Crippen molar-refractivity contribution < 1.29 is 9.84 Å². The predicted octanol–water partition coefficient (Wildman–Crippen LogP) is 3.55. The molecule has 3 rings (SSSR count). The van der Waals surface area contributed by atoms with Crippen LogP contribution in [-0.2, 0) is 0 Å². The van der Waals surface area contributed by atoms with Crippen LogP contribution >= 0.6 is 0 Å². The molecule has 2 fully saturated rings. The fourth-order valence-corrected chi connectivity index (χ4v) is 3.73. The maximum Gasteiger partial charge on any atom is 0.125 e. The fourth-order valence-electron chi connectivity index (χ4n) is 3.73. The lowest BCUT2D eigenvalue weighted by molar-refractivity contribution is 0.172. The van der Waals surface area contributed by atoms with E-state index in [1.54, 1.807) is 6.92 Å². The maximum atomic E-state index is 9.72. The zero-order valence-corrected chi connectivity index (χ0v) is 11.0. The summed E-state index contributed by atoms with van der Waals surface area (Å²) >= 11 is 0. The second-order valence-corrected chi connectivity index (χ2v) is 5.96. The van der Waals surface area contributed by atoms with Crippen molar-refractivity contribution in [3.63, 3.8) is 0 Å². The summed E-state index contributed by atoms with van der Waals surface area (Å²) in [6, 6.07) is 7.84.